The van der Waals surface area contributed by atoms with Gasteiger partial charge in [-0.1, -0.05) is 29.8 Å². The molecule has 4 rings (SSSR count). The number of hydrogen-bond acceptors (Lipinski definition) is 6. The molecule has 0 radical (unpaired) electrons. The van der Waals surface area contributed by atoms with Gasteiger partial charge in [-0.15, -0.1) is 0 Å². The van der Waals surface area contributed by atoms with Crippen molar-refractivity contribution in [2.75, 3.05) is 31.2 Å². The zero-order valence-electron chi connectivity index (χ0n) is 18.0. The van der Waals surface area contributed by atoms with Crippen LogP contribution in [0, 0.1) is 6.92 Å². The van der Waals surface area contributed by atoms with E-state index in [1.807, 2.05) is 6.07 Å². The van der Waals surface area contributed by atoms with Gasteiger partial charge in [-0.05, 0) is 56.6 Å². The first-order valence-corrected chi connectivity index (χ1v) is 10.6. The fourth-order valence-corrected chi connectivity index (χ4v) is 3.66. The molecule has 2 heterocycles. The molecule has 0 bridgehead atoms. The van der Waals surface area contributed by atoms with E-state index >= 15 is 0 Å². The molecule has 1 aliphatic heterocycles. The highest BCUT2D eigenvalue weighted by molar-refractivity contribution is 6.32. The molecule has 3 aromatic rings. The molecular weight excluding hydrogens is 430 g/mol. The molecule has 0 spiro atoms. The van der Waals surface area contributed by atoms with Crippen LogP contribution in [0.4, 0.5) is 11.5 Å². The van der Waals surface area contributed by atoms with Crippen molar-refractivity contribution in [3.63, 3.8) is 0 Å². The third kappa shape index (κ3) is 5.46. The van der Waals surface area contributed by atoms with Crippen LogP contribution in [0.25, 0.3) is 5.69 Å². The Kier molecular flexibility index (Phi) is 7.86. The molecule has 1 amide bonds. The number of ether oxygens (including phenoxy) is 1. The minimum Gasteiger partial charge on any atom is -0.497 e. The lowest BCUT2D eigenvalue weighted by Gasteiger charge is -2.14. The topological polar surface area (TPSA) is 111 Å². The molecule has 1 aliphatic rings. The number of aromatic nitrogens is 2. The van der Waals surface area contributed by atoms with E-state index < -0.39 is 11.5 Å². The van der Waals surface area contributed by atoms with Crippen molar-refractivity contribution in [3.05, 3.63) is 75.3 Å². The molecule has 9 heteroatoms. The Morgan fingerprint density at radius 3 is 2.47 bits per heavy atom. The Labute approximate surface area is 191 Å². The summed E-state index contributed by atoms with van der Waals surface area (Å²) in [6.07, 6.45) is 4.03. The van der Waals surface area contributed by atoms with Gasteiger partial charge in [0.15, 0.2) is 0 Å². The van der Waals surface area contributed by atoms with Crippen LogP contribution in [0.2, 0.25) is 5.02 Å². The maximum atomic E-state index is 13.0. The average molecular weight is 456 g/mol. The molecule has 0 atom stereocenters. The number of hydrogen-bond donors (Lipinski definition) is 3. The monoisotopic (exact) mass is 455 g/mol. The number of aryl methyl sites for hydroxylation is 1. The van der Waals surface area contributed by atoms with Gasteiger partial charge in [0.2, 0.25) is 0 Å². The van der Waals surface area contributed by atoms with Gasteiger partial charge in [0.1, 0.15) is 23.5 Å². The molecule has 1 aromatic heterocycles. The van der Waals surface area contributed by atoms with Crippen molar-refractivity contribution in [2.45, 2.75) is 19.8 Å². The van der Waals surface area contributed by atoms with Crippen molar-refractivity contribution in [2.24, 2.45) is 0 Å². The minimum absolute atomic E-state index is 0.160. The van der Waals surface area contributed by atoms with E-state index in [0.29, 0.717) is 22.7 Å². The normalized spacial score (nSPS) is 12.6. The number of rotatable bonds is 4. The SMILES string of the molecule is C1CCNC1.COc1cc(C)c(-n2cnc(N)c(C(=O)Nc3ccccc3)c2=O)c(Cl)c1. The molecule has 0 unspecified atom stereocenters. The summed E-state index contributed by atoms with van der Waals surface area (Å²) in [6.45, 7) is 4.27. The summed E-state index contributed by atoms with van der Waals surface area (Å²) in [5, 5.41) is 6.15. The summed E-state index contributed by atoms with van der Waals surface area (Å²) >= 11 is 6.32. The number of amides is 1. The standard InChI is InChI=1S/C19H17ClN4O3.C4H9N/c1-11-8-13(27-2)9-14(20)16(11)24-10-22-17(21)15(19(24)26)18(25)23-12-6-4-3-5-7-12;1-2-4-5-3-1/h3-10H,21H2,1-2H3,(H,23,25);5H,1-4H2. The van der Waals surface area contributed by atoms with Crippen LogP contribution in [0.1, 0.15) is 28.8 Å². The van der Waals surface area contributed by atoms with Gasteiger partial charge in [-0.3, -0.25) is 14.2 Å². The quantitative estimate of drug-likeness (QED) is 0.556. The third-order valence-electron chi connectivity index (χ3n) is 4.92. The third-order valence-corrected chi connectivity index (χ3v) is 5.21. The fourth-order valence-electron chi connectivity index (χ4n) is 3.31. The second-order valence-electron chi connectivity index (χ2n) is 7.23. The molecule has 0 saturated carbocycles. The number of halogens is 1. The first-order chi connectivity index (χ1) is 15.4. The smallest absolute Gasteiger partial charge is 0.273 e. The van der Waals surface area contributed by atoms with Crippen LogP contribution in [0.5, 0.6) is 5.75 Å². The Bertz CT molecular complexity index is 1110. The largest absolute Gasteiger partial charge is 0.497 e. The number of nitrogens with one attached hydrogen (secondary N) is 2. The van der Waals surface area contributed by atoms with Gasteiger partial charge in [0, 0.05) is 11.8 Å². The Hall–Kier alpha value is -3.36. The molecular formula is C23H26ClN5O3. The van der Waals surface area contributed by atoms with Crippen LogP contribution >= 0.6 is 11.6 Å². The zero-order valence-corrected chi connectivity index (χ0v) is 18.8. The van der Waals surface area contributed by atoms with E-state index in [0.717, 1.165) is 0 Å². The van der Waals surface area contributed by atoms with E-state index in [1.54, 1.807) is 43.3 Å². The van der Waals surface area contributed by atoms with Crippen molar-refractivity contribution in [3.8, 4) is 11.4 Å². The molecule has 1 saturated heterocycles. The molecule has 32 heavy (non-hydrogen) atoms. The molecule has 1 fully saturated rings. The van der Waals surface area contributed by atoms with Crippen LogP contribution in [-0.4, -0.2) is 35.7 Å². The number of methoxy groups -OCH3 is 1. The number of carbonyl (C=O) groups is 1. The second kappa shape index (κ2) is 10.8. The van der Waals surface area contributed by atoms with Crippen molar-refractivity contribution >= 4 is 29.0 Å². The summed E-state index contributed by atoms with van der Waals surface area (Å²) in [6, 6.07) is 12.1. The van der Waals surface area contributed by atoms with Gasteiger partial charge in [0.25, 0.3) is 11.5 Å². The molecule has 8 nitrogen and oxygen atoms in total. The van der Waals surface area contributed by atoms with Crippen LogP contribution in [0.3, 0.4) is 0 Å². The minimum atomic E-state index is -0.646. The number of benzene rings is 2. The van der Waals surface area contributed by atoms with E-state index in [1.165, 1.54) is 43.9 Å². The van der Waals surface area contributed by atoms with Gasteiger partial charge in [0.05, 0.1) is 17.8 Å². The lowest BCUT2D eigenvalue weighted by Crippen LogP contribution is -2.31. The Balaban J connectivity index is 0.000000509. The number of para-hydroxylation sites is 1. The van der Waals surface area contributed by atoms with E-state index in [2.05, 4.69) is 15.6 Å². The van der Waals surface area contributed by atoms with Crippen LogP contribution in [0.15, 0.2) is 53.6 Å². The van der Waals surface area contributed by atoms with Crippen LogP contribution in [-0.2, 0) is 0 Å². The van der Waals surface area contributed by atoms with Gasteiger partial charge >= 0.3 is 0 Å². The lowest BCUT2D eigenvalue weighted by atomic mass is 10.1. The summed E-state index contributed by atoms with van der Waals surface area (Å²) in [7, 11) is 1.52. The number of nitrogen functional groups attached to an aromatic ring is 1. The Morgan fingerprint density at radius 2 is 1.91 bits per heavy atom. The summed E-state index contributed by atoms with van der Waals surface area (Å²) in [4.78, 5) is 29.6. The molecule has 168 valence electrons. The lowest BCUT2D eigenvalue weighted by molar-refractivity contribution is 0.102. The van der Waals surface area contributed by atoms with E-state index in [4.69, 9.17) is 22.1 Å². The fraction of sp³-hybridized carbons (Fsp3) is 0.261. The molecule has 4 N–H and O–H groups in total. The zero-order chi connectivity index (χ0) is 23.1. The number of anilines is 2. The highest BCUT2D eigenvalue weighted by Crippen LogP contribution is 2.28. The average Bonchev–Trinajstić information content (AvgIpc) is 3.36. The van der Waals surface area contributed by atoms with Gasteiger partial charge < -0.3 is 21.1 Å². The summed E-state index contributed by atoms with van der Waals surface area (Å²) in [5.74, 6) is -0.250. The summed E-state index contributed by atoms with van der Waals surface area (Å²) < 4.78 is 6.37. The van der Waals surface area contributed by atoms with E-state index in [9.17, 15) is 9.59 Å². The van der Waals surface area contributed by atoms with Gasteiger partial charge in [-0.2, -0.15) is 0 Å². The van der Waals surface area contributed by atoms with Gasteiger partial charge in [-0.25, -0.2) is 4.98 Å². The Morgan fingerprint density at radius 1 is 1.22 bits per heavy atom. The van der Waals surface area contributed by atoms with E-state index in [-0.39, 0.29) is 16.4 Å². The predicted molar refractivity (Wildman–Crippen MR) is 127 cm³/mol. The first-order valence-electron chi connectivity index (χ1n) is 10.2. The highest BCUT2D eigenvalue weighted by Gasteiger charge is 2.20. The number of carbonyl (C=O) groups excluding carboxylic acids is 1. The number of nitrogens with two attached hydrogens (primary N) is 1. The predicted octanol–water partition coefficient (Wildman–Crippen LogP) is 3.41. The maximum absolute atomic E-state index is 13.0. The van der Waals surface area contributed by atoms with Crippen molar-refractivity contribution in [1.29, 1.82) is 0 Å². The first kappa shape index (κ1) is 23.3. The van der Waals surface area contributed by atoms with Crippen molar-refractivity contribution in [1.82, 2.24) is 14.9 Å². The molecule has 0 aliphatic carbocycles. The maximum Gasteiger partial charge on any atom is 0.273 e. The van der Waals surface area contributed by atoms with Crippen LogP contribution < -0.4 is 26.7 Å². The summed E-state index contributed by atoms with van der Waals surface area (Å²) in [5.41, 5.74) is 6.56. The molecule has 2 aromatic carbocycles. The number of nitrogens with zero attached hydrogens (tertiary/aromatic N) is 2. The van der Waals surface area contributed by atoms with Crippen molar-refractivity contribution < 1.29 is 9.53 Å². The highest BCUT2D eigenvalue weighted by atomic mass is 35.5. The second-order valence-corrected chi connectivity index (χ2v) is 7.64.